The van der Waals surface area contributed by atoms with Crippen molar-refractivity contribution < 1.29 is 9.59 Å². The number of aryl methyl sites for hydroxylation is 1. The molecule has 0 fully saturated rings. The molecule has 0 saturated heterocycles. The van der Waals surface area contributed by atoms with Crippen LogP contribution in [0.1, 0.15) is 70.2 Å². The van der Waals surface area contributed by atoms with Gasteiger partial charge in [-0.25, -0.2) is 0 Å². The van der Waals surface area contributed by atoms with Gasteiger partial charge in [-0.2, -0.15) is 0 Å². The first-order valence-electron chi connectivity index (χ1n) is 11.4. The predicted octanol–water partition coefficient (Wildman–Crippen LogP) is 6.62. The van der Waals surface area contributed by atoms with Crippen molar-refractivity contribution in [2.24, 2.45) is 5.41 Å². The molecule has 3 aliphatic carbocycles. The van der Waals surface area contributed by atoms with Crippen molar-refractivity contribution in [3.63, 3.8) is 0 Å². The van der Waals surface area contributed by atoms with Crippen molar-refractivity contribution >= 4 is 17.1 Å². The van der Waals surface area contributed by atoms with E-state index in [1.165, 1.54) is 27.8 Å². The molecular weight excluding hydrogens is 392 g/mol. The van der Waals surface area contributed by atoms with Crippen LogP contribution in [-0.4, -0.2) is 11.6 Å². The molecule has 0 N–H and O–H groups in total. The molecule has 0 amide bonds. The summed E-state index contributed by atoms with van der Waals surface area (Å²) in [5.74, 6) is 0.567. The van der Waals surface area contributed by atoms with Crippen LogP contribution >= 0.6 is 0 Å². The van der Waals surface area contributed by atoms with Crippen LogP contribution < -0.4 is 0 Å². The standard InChI is InChI=1S/C21H20O.C9H8O/c1-20(2)13-18(16-10-6-7-11-17(16)20)21(3)12-14-8-4-5-9-15(14)19(21)22;10-9-6-5-7-3-1-2-4-8(7)9/h4-11,13H,12H2,1-3H3;1-4H,5-6H2. The molecule has 160 valence electrons. The van der Waals surface area contributed by atoms with E-state index in [0.717, 1.165) is 24.0 Å². The van der Waals surface area contributed by atoms with Gasteiger partial charge in [0.25, 0.3) is 0 Å². The van der Waals surface area contributed by atoms with Crippen LogP contribution in [0.4, 0.5) is 0 Å². The zero-order valence-electron chi connectivity index (χ0n) is 18.9. The van der Waals surface area contributed by atoms with E-state index < -0.39 is 5.41 Å². The maximum absolute atomic E-state index is 13.1. The fraction of sp³-hybridized carbons (Fsp3) is 0.267. The second-order valence-corrected chi connectivity index (χ2v) is 9.90. The Labute approximate surface area is 190 Å². The maximum Gasteiger partial charge on any atom is 0.173 e. The first-order valence-corrected chi connectivity index (χ1v) is 11.4. The van der Waals surface area contributed by atoms with Crippen molar-refractivity contribution in [2.75, 3.05) is 0 Å². The predicted molar refractivity (Wildman–Crippen MR) is 129 cm³/mol. The SMILES string of the molecule is CC1(C2=CC(C)(C)c3ccccc32)Cc2ccccc2C1=O.O=C1CCc2ccccc21. The van der Waals surface area contributed by atoms with Crippen molar-refractivity contribution in [1.82, 2.24) is 0 Å². The van der Waals surface area contributed by atoms with Crippen molar-refractivity contribution in [3.05, 3.63) is 112 Å². The van der Waals surface area contributed by atoms with E-state index >= 15 is 0 Å². The number of ketones is 2. The van der Waals surface area contributed by atoms with Crippen LogP contribution in [0.3, 0.4) is 0 Å². The van der Waals surface area contributed by atoms with Crippen LogP contribution in [0.25, 0.3) is 5.57 Å². The van der Waals surface area contributed by atoms with Gasteiger partial charge in [0, 0.05) is 23.0 Å². The summed E-state index contributed by atoms with van der Waals surface area (Å²) in [6, 6.07) is 24.4. The monoisotopic (exact) mass is 420 g/mol. The normalized spacial score (nSPS) is 21.9. The lowest BCUT2D eigenvalue weighted by Crippen LogP contribution is -2.25. The highest BCUT2D eigenvalue weighted by Crippen LogP contribution is 2.52. The summed E-state index contributed by atoms with van der Waals surface area (Å²) in [6.45, 7) is 6.57. The summed E-state index contributed by atoms with van der Waals surface area (Å²) in [4.78, 5) is 24.2. The van der Waals surface area contributed by atoms with E-state index in [4.69, 9.17) is 0 Å². The molecule has 3 aliphatic rings. The van der Waals surface area contributed by atoms with Crippen molar-refractivity contribution in [1.29, 1.82) is 0 Å². The van der Waals surface area contributed by atoms with Gasteiger partial charge in [-0.1, -0.05) is 92.7 Å². The number of carbonyl (C=O) groups is 2. The molecule has 3 aromatic carbocycles. The van der Waals surface area contributed by atoms with E-state index in [-0.39, 0.29) is 11.2 Å². The average molecular weight is 421 g/mol. The molecule has 6 rings (SSSR count). The molecular formula is C30H28O2. The zero-order valence-corrected chi connectivity index (χ0v) is 18.9. The summed E-state index contributed by atoms with van der Waals surface area (Å²) < 4.78 is 0. The van der Waals surface area contributed by atoms with E-state index in [0.29, 0.717) is 12.2 Å². The largest absolute Gasteiger partial charge is 0.294 e. The Morgan fingerprint density at radius 2 is 1.25 bits per heavy atom. The van der Waals surface area contributed by atoms with Crippen LogP contribution in [0, 0.1) is 5.41 Å². The highest BCUT2D eigenvalue weighted by molar-refractivity contribution is 6.12. The number of Topliss-reactive ketones (excluding diaryl/α,β-unsaturated/α-hetero) is 2. The molecule has 2 nitrogen and oxygen atoms in total. The number of hydrogen-bond acceptors (Lipinski definition) is 2. The van der Waals surface area contributed by atoms with Crippen LogP contribution in [0.5, 0.6) is 0 Å². The second-order valence-electron chi connectivity index (χ2n) is 9.90. The number of benzene rings is 3. The van der Waals surface area contributed by atoms with E-state index in [1.807, 2.05) is 42.5 Å². The van der Waals surface area contributed by atoms with Gasteiger partial charge < -0.3 is 0 Å². The molecule has 0 heterocycles. The number of rotatable bonds is 1. The Hall–Kier alpha value is -3.26. The molecule has 3 aromatic rings. The average Bonchev–Trinajstić information content (AvgIpc) is 3.40. The smallest absolute Gasteiger partial charge is 0.173 e. The Bertz CT molecular complexity index is 1280. The van der Waals surface area contributed by atoms with Crippen LogP contribution in [0.2, 0.25) is 0 Å². The highest BCUT2D eigenvalue weighted by atomic mass is 16.1. The van der Waals surface area contributed by atoms with Gasteiger partial charge in [0.15, 0.2) is 11.6 Å². The highest BCUT2D eigenvalue weighted by Gasteiger charge is 2.47. The van der Waals surface area contributed by atoms with E-state index in [1.54, 1.807) is 0 Å². The minimum absolute atomic E-state index is 0.00993. The van der Waals surface area contributed by atoms with Gasteiger partial charge in [0.2, 0.25) is 0 Å². The first kappa shape index (κ1) is 20.6. The molecule has 1 atom stereocenters. The fourth-order valence-corrected chi connectivity index (χ4v) is 5.52. The number of fused-ring (bicyclic) bond motifs is 3. The van der Waals surface area contributed by atoms with E-state index in [2.05, 4.69) is 57.2 Å². The molecule has 0 saturated carbocycles. The lowest BCUT2D eigenvalue weighted by molar-refractivity contribution is 0.0899. The Morgan fingerprint density at radius 1 is 0.656 bits per heavy atom. The van der Waals surface area contributed by atoms with Gasteiger partial charge in [-0.05, 0) is 47.6 Å². The van der Waals surface area contributed by atoms with E-state index in [9.17, 15) is 9.59 Å². The van der Waals surface area contributed by atoms with Gasteiger partial charge >= 0.3 is 0 Å². The lowest BCUT2D eigenvalue weighted by Gasteiger charge is -2.25. The molecule has 1 unspecified atom stereocenters. The second kappa shape index (κ2) is 7.41. The summed E-state index contributed by atoms with van der Waals surface area (Å²) in [7, 11) is 0. The number of hydrogen-bond donors (Lipinski definition) is 0. The molecule has 0 aliphatic heterocycles. The number of allylic oxidation sites excluding steroid dienone is 2. The molecule has 0 radical (unpaired) electrons. The minimum atomic E-state index is -0.437. The molecule has 0 spiro atoms. The summed E-state index contributed by atoms with van der Waals surface area (Å²) >= 11 is 0. The van der Waals surface area contributed by atoms with Gasteiger partial charge in [-0.3, -0.25) is 9.59 Å². The molecule has 2 heteroatoms. The Balaban J connectivity index is 0.000000180. The van der Waals surface area contributed by atoms with Crippen molar-refractivity contribution in [2.45, 2.75) is 45.4 Å². The lowest BCUT2D eigenvalue weighted by atomic mass is 9.76. The minimum Gasteiger partial charge on any atom is -0.294 e. The third-order valence-electron chi connectivity index (χ3n) is 7.26. The molecule has 0 aromatic heterocycles. The van der Waals surface area contributed by atoms with Gasteiger partial charge in [0.1, 0.15) is 0 Å². The molecule has 32 heavy (non-hydrogen) atoms. The van der Waals surface area contributed by atoms with Crippen LogP contribution in [-0.2, 0) is 18.3 Å². The third kappa shape index (κ3) is 3.17. The third-order valence-corrected chi connectivity index (χ3v) is 7.26. The first-order chi connectivity index (χ1) is 15.3. The quantitative estimate of drug-likeness (QED) is 0.443. The molecule has 0 bridgehead atoms. The zero-order chi connectivity index (χ0) is 22.5. The Kier molecular flexibility index (Phi) is 4.78. The summed E-state index contributed by atoms with van der Waals surface area (Å²) in [5, 5.41) is 0. The Morgan fingerprint density at radius 3 is 1.94 bits per heavy atom. The van der Waals surface area contributed by atoms with Crippen LogP contribution in [0.15, 0.2) is 78.9 Å². The summed E-state index contributed by atoms with van der Waals surface area (Å²) in [6.07, 6.45) is 4.76. The topological polar surface area (TPSA) is 34.1 Å². The summed E-state index contributed by atoms with van der Waals surface area (Å²) in [5.41, 5.74) is 7.55. The number of carbonyl (C=O) groups excluding carboxylic acids is 2. The fourth-order valence-electron chi connectivity index (χ4n) is 5.52. The van der Waals surface area contributed by atoms with Crippen molar-refractivity contribution in [3.8, 4) is 0 Å². The van der Waals surface area contributed by atoms with Gasteiger partial charge in [-0.15, -0.1) is 0 Å². The van der Waals surface area contributed by atoms with Gasteiger partial charge in [0.05, 0.1) is 5.41 Å². The maximum atomic E-state index is 13.1.